The van der Waals surface area contributed by atoms with Gasteiger partial charge in [-0.1, -0.05) is 30.3 Å². The van der Waals surface area contributed by atoms with E-state index in [2.05, 4.69) is 88.1 Å². The SMILES string of the molecule is CN=C(NCc1ccccc1CN(C)C(C)C)NCC(c1cccs1)N1CCCC1.I. The van der Waals surface area contributed by atoms with Gasteiger partial charge in [0.1, 0.15) is 0 Å². The summed E-state index contributed by atoms with van der Waals surface area (Å²) >= 11 is 1.85. The van der Waals surface area contributed by atoms with Crippen molar-refractivity contribution < 1.29 is 0 Å². The first kappa shape index (κ1) is 26.1. The van der Waals surface area contributed by atoms with E-state index in [9.17, 15) is 0 Å². The molecule has 0 amide bonds. The minimum Gasteiger partial charge on any atom is -0.354 e. The van der Waals surface area contributed by atoms with Crippen LogP contribution in [0.4, 0.5) is 0 Å². The van der Waals surface area contributed by atoms with Crippen molar-refractivity contribution in [1.82, 2.24) is 20.4 Å². The average Bonchev–Trinajstić information content (AvgIpc) is 3.46. The molecule has 0 saturated carbocycles. The van der Waals surface area contributed by atoms with Crippen LogP contribution in [0.15, 0.2) is 46.8 Å². The molecule has 1 saturated heterocycles. The van der Waals surface area contributed by atoms with Crippen molar-refractivity contribution in [3.63, 3.8) is 0 Å². The highest BCUT2D eigenvalue weighted by Gasteiger charge is 2.24. The molecular weight excluding hydrogens is 517 g/mol. The van der Waals surface area contributed by atoms with Gasteiger partial charge in [-0.25, -0.2) is 0 Å². The van der Waals surface area contributed by atoms with E-state index in [0.717, 1.165) is 25.6 Å². The van der Waals surface area contributed by atoms with Gasteiger partial charge in [0.15, 0.2) is 5.96 Å². The fourth-order valence-electron chi connectivity index (χ4n) is 3.87. The number of hydrogen-bond acceptors (Lipinski definition) is 4. The first-order valence-electron chi connectivity index (χ1n) is 11.1. The summed E-state index contributed by atoms with van der Waals surface area (Å²) in [4.78, 5) is 10.9. The minimum atomic E-state index is 0. The van der Waals surface area contributed by atoms with Gasteiger partial charge >= 0.3 is 0 Å². The third-order valence-corrected chi connectivity index (χ3v) is 6.98. The maximum absolute atomic E-state index is 4.47. The van der Waals surface area contributed by atoms with Crippen molar-refractivity contribution in [3.8, 4) is 0 Å². The number of nitrogens with one attached hydrogen (secondary N) is 2. The minimum absolute atomic E-state index is 0. The van der Waals surface area contributed by atoms with Crippen LogP contribution in [-0.4, -0.2) is 55.5 Å². The third kappa shape index (κ3) is 7.73. The van der Waals surface area contributed by atoms with Crippen LogP contribution in [0, 0.1) is 0 Å². The molecule has 7 heteroatoms. The fraction of sp³-hybridized carbons (Fsp3) is 0.542. The largest absolute Gasteiger partial charge is 0.354 e. The van der Waals surface area contributed by atoms with E-state index in [1.165, 1.54) is 41.9 Å². The Bertz CT molecular complexity index is 787. The Labute approximate surface area is 209 Å². The summed E-state index contributed by atoms with van der Waals surface area (Å²) in [5.74, 6) is 0.864. The summed E-state index contributed by atoms with van der Waals surface area (Å²) in [5, 5.41) is 9.28. The Balaban J connectivity index is 0.00000341. The van der Waals surface area contributed by atoms with Gasteiger partial charge in [-0.05, 0) is 69.4 Å². The van der Waals surface area contributed by atoms with Crippen LogP contribution in [0.2, 0.25) is 0 Å². The number of thiophene rings is 1. The van der Waals surface area contributed by atoms with Crippen molar-refractivity contribution in [1.29, 1.82) is 0 Å². The van der Waals surface area contributed by atoms with E-state index < -0.39 is 0 Å². The second kappa shape index (κ2) is 13.4. The smallest absolute Gasteiger partial charge is 0.191 e. The van der Waals surface area contributed by atoms with Gasteiger partial charge in [0.25, 0.3) is 0 Å². The van der Waals surface area contributed by atoms with Crippen molar-refractivity contribution in [3.05, 3.63) is 57.8 Å². The predicted octanol–water partition coefficient (Wildman–Crippen LogP) is 4.71. The number of guanidine groups is 1. The second-order valence-electron chi connectivity index (χ2n) is 8.36. The van der Waals surface area contributed by atoms with Crippen molar-refractivity contribution in [2.45, 2.75) is 51.9 Å². The summed E-state index contributed by atoms with van der Waals surface area (Å²) in [6.07, 6.45) is 2.60. The molecule has 3 rings (SSSR count). The molecule has 0 aliphatic carbocycles. The average molecular weight is 556 g/mol. The van der Waals surface area contributed by atoms with E-state index in [-0.39, 0.29) is 24.0 Å². The summed E-state index contributed by atoms with van der Waals surface area (Å²) < 4.78 is 0. The standard InChI is InChI=1S/C24H37N5S.HI/c1-19(2)28(4)18-21-11-6-5-10-20(21)16-26-24(25-3)27-17-22(23-12-9-15-30-23)29-13-7-8-14-29;/h5-6,9-12,15,19,22H,7-8,13-14,16-18H2,1-4H3,(H2,25,26,27);1H. The molecule has 0 radical (unpaired) electrons. The molecule has 1 unspecified atom stereocenters. The first-order chi connectivity index (χ1) is 14.6. The molecule has 2 heterocycles. The molecule has 172 valence electrons. The number of likely N-dealkylation sites (tertiary alicyclic amines) is 1. The number of halogens is 1. The lowest BCUT2D eigenvalue weighted by atomic mass is 10.1. The highest BCUT2D eigenvalue weighted by molar-refractivity contribution is 14.0. The zero-order chi connectivity index (χ0) is 21.3. The van der Waals surface area contributed by atoms with Crippen LogP contribution in [0.3, 0.4) is 0 Å². The quantitative estimate of drug-likeness (QED) is 0.267. The Kier molecular flexibility index (Phi) is 11.3. The van der Waals surface area contributed by atoms with E-state index in [1.54, 1.807) is 0 Å². The van der Waals surface area contributed by atoms with Crippen LogP contribution in [0.5, 0.6) is 0 Å². The molecule has 2 N–H and O–H groups in total. The Morgan fingerprint density at radius 1 is 1.10 bits per heavy atom. The topological polar surface area (TPSA) is 42.9 Å². The lowest BCUT2D eigenvalue weighted by Crippen LogP contribution is -2.42. The molecule has 31 heavy (non-hydrogen) atoms. The third-order valence-electron chi connectivity index (χ3n) is 6.01. The normalized spacial score (nSPS) is 15.9. The second-order valence-corrected chi connectivity index (χ2v) is 9.34. The van der Waals surface area contributed by atoms with Gasteiger partial charge in [-0.15, -0.1) is 35.3 Å². The lowest BCUT2D eigenvalue weighted by molar-refractivity contribution is 0.249. The molecule has 0 bridgehead atoms. The molecular formula is C24H38IN5S. The fourth-order valence-corrected chi connectivity index (χ4v) is 4.73. The summed E-state index contributed by atoms with van der Waals surface area (Å²) in [5.41, 5.74) is 2.69. The van der Waals surface area contributed by atoms with E-state index in [4.69, 9.17) is 0 Å². The summed E-state index contributed by atoms with van der Waals surface area (Å²) in [6, 6.07) is 14.0. The predicted molar refractivity (Wildman–Crippen MR) is 145 cm³/mol. The van der Waals surface area contributed by atoms with Crippen LogP contribution >= 0.6 is 35.3 Å². The number of hydrogen-bond donors (Lipinski definition) is 2. The molecule has 1 aromatic carbocycles. The molecule has 5 nitrogen and oxygen atoms in total. The Hall–Kier alpha value is -1.16. The summed E-state index contributed by atoms with van der Waals surface area (Å²) in [7, 11) is 4.03. The van der Waals surface area contributed by atoms with Crippen LogP contribution in [0.25, 0.3) is 0 Å². The maximum Gasteiger partial charge on any atom is 0.191 e. The Morgan fingerprint density at radius 3 is 2.42 bits per heavy atom. The zero-order valence-corrected chi connectivity index (χ0v) is 22.5. The number of rotatable bonds is 9. The highest BCUT2D eigenvalue weighted by atomic mass is 127. The van der Waals surface area contributed by atoms with Gasteiger partial charge in [0.2, 0.25) is 0 Å². The van der Waals surface area contributed by atoms with Gasteiger partial charge in [-0.3, -0.25) is 14.8 Å². The maximum atomic E-state index is 4.47. The lowest BCUT2D eigenvalue weighted by Gasteiger charge is -2.27. The zero-order valence-electron chi connectivity index (χ0n) is 19.3. The van der Waals surface area contributed by atoms with E-state index in [1.807, 2.05) is 18.4 Å². The molecule has 1 aliphatic heterocycles. The van der Waals surface area contributed by atoms with Crippen LogP contribution in [0.1, 0.15) is 48.7 Å². The molecule has 1 atom stereocenters. The van der Waals surface area contributed by atoms with Crippen molar-refractivity contribution in [2.75, 3.05) is 33.7 Å². The van der Waals surface area contributed by atoms with Gasteiger partial charge in [-0.2, -0.15) is 0 Å². The molecule has 2 aromatic rings. The molecule has 1 aliphatic rings. The number of nitrogens with zero attached hydrogens (tertiary/aromatic N) is 3. The first-order valence-corrected chi connectivity index (χ1v) is 12.0. The molecule has 1 fully saturated rings. The molecule has 1 aromatic heterocycles. The van der Waals surface area contributed by atoms with E-state index >= 15 is 0 Å². The van der Waals surface area contributed by atoms with Gasteiger partial charge in [0.05, 0.1) is 6.04 Å². The Morgan fingerprint density at radius 2 is 1.81 bits per heavy atom. The van der Waals surface area contributed by atoms with Crippen molar-refractivity contribution in [2.24, 2.45) is 4.99 Å². The highest BCUT2D eigenvalue weighted by Crippen LogP contribution is 2.27. The van der Waals surface area contributed by atoms with E-state index in [0.29, 0.717) is 12.1 Å². The number of aliphatic imine (C=N–C) groups is 1. The van der Waals surface area contributed by atoms with Crippen LogP contribution < -0.4 is 10.6 Å². The number of benzene rings is 1. The van der Waals surface area contributed by atoms with Crippen molar-refractivity contribution >= 4 is 41.3 Å². The molecule has 0 spiro atoms. The monoisotopic (exact) mass is 555 g/mol. The van der Waals surface area contributed by atoms with Crippen LogP contribution in [-0.2, 0) is 13.1 Å². The van der Waals surface area contributed by atoms with Gasteiger partial charge in [0, 0.05) is 37.6 Å². The van der Waals surface area contributed by atoms with Gasteiger partial charge < -0.3 is 10.6 Å². The summed E-state index contributed by atoms with van der Waals surface area (Å²) in [6.45, 7) is 9.44.